The molecule has 0 bridgehead atoms. The van der Waals surface area contributed by atoms with E-state index < -0.39 is 0 Å². The van der Waals surface area contributed by atoms with Gasteiger partial charge >= 0.3 is 0 Å². The average Bonchev–Trinajstić information content (AvgIpc) is 3.18. The fourth-order valence-corrected chi connectivity index (χ4v) is 5.10. The van der Waals surface area contributed by atoms with Crippen LogP contribution in [0.3, 0.4) is 0 Å². The van der Waals surface area contributed by atoms with Crippen LogP contribution in [0.2, 0.25) is 0 Å². The number of hydrogen-bond acceptors (Lipinski definition) is 0. The zero-order valence-electron chi connectivity index (χ0n) is 18.2. The van der Waals surface area contributed by atoms with E-state index in [1.165, 1.54) is 109 Å². The number of rotatable bonds is 14. The second-order valence-electron chi connectivity index (χ2n) is 9.08. The summed E-state index contributed by atoms with van der Waals surface area (Å²) in [6.45, 7) is 4.75. The summed E-state index contributed by atoms with van der Waals surface area (Å²) in [5.41, 5.74) is 0.399. The van der Waals surface area contributed by atoms with Gasteiger partial charge in [0.15, 0.2) is 0 Å². The third kappa shape index (κ3) is 9.15. The number of aromatic nitrogens is 2. The molecule has 2 unspecified atom stereocenters. The molecular formula is C24H45BrN2. The van der Waals surface area contributed by atoms with Crippen molar-refractivity contribution in [1.82, 2.24) is 4.98 Å². The minimum atomic E-state index is 0. The minimum Gasteiger partial charge on any atom is -1.00 e. The van der Waals surface area contributed by atoms with Gasteiger partial charge in [-0.2, -0.15) is 0 Å². The molecular weight excluding hydrogens is 396 g/mol. The third-order valence-corrected chi connectivity index (χ3v) is 6.66. The van der Waals surface area contributed by atoms with Gasteiger partial charge in [-0.25, -0.2) is 4.57 Å². The highest BCUT2D eigenvalue weighted by atomic mass is 79.9. The molecule has 1 aliphatic rings. The minimum absolute atomic E-state index is 0. The van der Waals surface area contributed by atoms with Crippen LogP contribution >= 0.6 is 0 Å². The Kier molecular flexibility index (Phi) is 13.4. The lowest BCUT2D eigenvalue weighted by Gasteiger charge is -2.37. The molecule has 3 heteroatoms. The summed E-state index contributed by atoms with van der Waals surface area (Å²) < 4.78 is 2.50. The highest BCUT2D eigenvalue weighted by molar-refractivity contribution is 4.82. The lowest BCUT2D eigenvalue weighted by Crippen LogP contribution is -3.00. The number of halogens is 1. The van der Waals surface area contributed by atoms with Crippen molar-refractivity contribution in [3.8, 4) is 0 Å². The Morgan fingerprint density at radius 3 is 2.04 bits per heavy atom. The monoisotopic (exact) mass is 440 g/mol. The highest BCUT2D eigenvalue weighted by Crippen LogP contribution is 2.38. The second kappa shape index (κ2) is 14.7. The van der Waals surface area contributed by atoms with E-state index in [1.807, 2.05) is 0 Å². The van der Waals surface area contributed by atoms with Crippen molar-refractivity contribution in [2.45, 2.75) is 129 Å². The number of hydrogen-bond donors (Lipinski definition) is 1. The van der Waals surface area contributed by atoms with Crippen LogP contribution in [0.25, 0.3) is 0 Å². The van der Waals surface area contributed by atoms with Crippen LogP contribution in [0, 0.1) is 5.92 Å². The molecule has 1 N–H and O–H groups in total. The van der Waals surface area contributed by atoms with Gasteiger partial charge < -0.3 is 17.0 Å². The predicted octanol–water partition coefficient (Wildman–Crippen LogP) is 4.30. The molecule has 2 atom stereocenters. The van der Waals surface area contributed by atoms with Crippen molar-refractivity contribution >= 4 is 0 Å². The number of nitrogens with zero attached hydrogens (tertiary/aromatic N) is 1. The summed E-state index contributed by atoms with van der Waals surface area (Å²) in [5.74, 6) is 0.878. The highest BCUT2D eigenvalue weighted by Gasteiger charge is 2.39. The third-order valence-electron chi connectivity index (χ3n) is 6.66. The normalized spacial score (nSPS) is 22.5. The van der Waals surface area contributed by atoms with Crippen LogP contribution < -0.4 is 21.5 Å². The van der Waals surface area contributed by atoms with Crippen LogP contribution in [0.4, 0.5) is 0 Å². The lowest BCUT2D eigenvalue weighted by atomic mass is 9.73. The smallest absolute Gasteiger partial charge is 0.241 e. The fraction of sp³-hybridized carbons (Fsp3) is 0.875. The van der Waals surface area contributed by atoms with Gasteiger partial charge in [-0.1, -0.05) is 90.9 Å². The van der Waals surface area contributed by atoms with Gasteiger partial charge in [-0.15, -0.1) is 0 Å². The molecule has 1 heterocycles. The molecule has 27 heavy (non-hydrogen) atoms. The number of aromatic amines is 1. The van der Waals surface area contributed by atoms with Gasteiger partial charge in [0.1, 0.15) is 17.9 Å². The van der Waals surface area contributed by atoms with Gasteiger partial charge in [0, 0.05) is 0 Å². The van der Waals surface area contributed by atoms with E-state index in [2.05, 4.69) is 42.1 Å². The van der Waals surface area contributed by atoms with E-state index in [-0.39, 0.29) is 17.0 Å². The number of H-pyrrole nitrogens is 1. The predicted molar refractivity (Wildman–Crippen MR) is 112 cm³/mol. The molecule has 0 radical (unpaired) electrons. The molecule has 158 valence electrons. The Morgan fingerprint density at radius 1 is 0.926 bits per heavy atom. The van der Waals surface area contributed by atoms with E-state index in [0.717, 1.165) is 5.92 Å². The van der Waals surface area contributed by atoms with Crippen LogP contribution in [-0.2, 0) is 5.54 Å². The first kappa shape index (κ1) is 24.7. The fourth-order valence-electron chi connectivity index (χ4n) is 5.10. The quantitative estimate of drug-likeness (QED) is 0.328. The second-order valence-corrected chi connectivity index (χ2v) is 9.08. The van der Waals surface area contributed by atoms with Crippen molar-refractivity contribution in [3.05, 3.63) is 18.7 Å². The molecule has 0 spiro atoms. The molecule has 0 aromatic carbocycles. The first-order valence-electron chi connectivity index (χ1n) is 11.8. The first-order valence-corrected chi connectivity index (χ1v) is 11.8. The maximum Gasteiger partial charge on any atom is 0.241 e. The molecule has 0 saturated heterocycles. The summed E-state index contributed by atoms with van der Waals surface area (Å²) in [6.07, 6.45) is 30.8. The van der Waals surface area contributed by atoms with Gasteiger partial charge in [0.2, 0.25) is 6.33 Å². The Morgan fingerprint density at radius 2 is 1.52 bits per heavy atom. The SMILES string of the molecule is CCCCCCCCCCCCCCC1([n+]2cc[nH]c2)CCCC(C)C1.[Br-]. The summed E-state index contributed by atoms with van der Waals surface area (Å²) in [4.78, 5) is 3.28. The van der Waals surface area contributed by atoms with Crippen LogP contribution in [0.5, 0.6) is 0 Å². The molecule has 1 saturated carbocycles. The summed E-state index contributed by atoms with van der Waals surface area (Å²) in [6, 6.07) is 0. The number of nitrogens with one attached hydrogen (secondary N) is 1. The maximum absolute atomic E-state index is 3.28. The first-order chi connectivity index (χ1) is 12.8. The van der Waals surface area contributed by atoms with Crippen molar-refractivity contribution in [3.63, 3.8) is 0 Å². The zero-order chi connectivity index (χ0) is 18.5. The standard InChI is InChI=1S/C24H44N2.BrH/c1-3-4-5-6-7-8-9-10-11-12-13-14-17-24(26-20-19-25-22-26)18-15-16-23(2)21-24;/h19-20,22-23H,3-18,21H2,1-2H3;1H. The van der Waals surface area contributed by atoms with E-state index in [4.69, 9.17) is 0 Å². The average molecular weight is 442 g/mol. The zero-order valence-corrected chi connectivity index (χ0v) is 19.7. The summed E-state index contributed by atoms with van der Waals surface area (Å²) in [5, 5.41) is 0. The summed E-state index contributed by atoms with van der Waals surface area (Å²) >= 11 is 0. The molecule has 1 fully saturated rings. The Bertz CT molecular complexity index is 445. The lowest BCUT2D eigenvalue weighted by molar-refractivity contribution is -0.769. The van der Waals surface area contributed by atoms with Gasteiger partial charge in [-0.05, 0) is 38.0 Å². The number of imidazole rings is 1. The molecule has 2 rings (SSSR count). The van der Waals surface area contributed by atoms with Crippen molar-refractivity contribution in [2.24, 2.45) is 5.92 Å². The molecule has 0 aliphatic heterocycles. The van der Waals surface area contributed by atoms with Gasteiger partial charge in [0.05, 0.1) is 0 Å². The van der Waals surface area contributed by atoms with Crippen LogP contribution in [-0.4, -0.2) is 4.98 Å². The Labute approximate surface area is 179 Å². The van der Waals surface area contributed by atoms with Crippen molar-refractivity contribution in [2.75, 3.05) is 0 Å². The largest absolute Gasteiger partial charge is 1.00 e. The molecule has 1 aliphatic carbocycles. The van der Waals surface area contributed by atoms with Gasteiger partial charge in [-0.3, -0.25) is 4.98 Å². The van der Waals surface area contributed by atoms with E-state index >= 15 is 0 Å². The van der Waals surface area contributed by atoms with E-state index in [1.54, 1.807) is 0 Å². The van der Waals surface area contributed by atoms with Crippen LogP contribution in [0.15, 0.2) is 18.7 Å². The Balaban J connectivity index is 0.00000364. The van der Waals surface area contributed by atoms with Crippen molar-refractivity contribution < 1.29 is 21.5 Å². The Hall–Kier alpha value is -0.310. The van der Waals surface area contributed by atoms with Crippen LogP contribution in [0.1, 0.15) is 123 Å². The maximum atomic E-state index is 3.28. The molecule has 0 amide bonds. The number of unbranched alkanes of at least 4 members (excludes halogenated alkanes) is 11. The molecule has 1 aromatic heterocycles. The molecule has 1 aromatic rings. The van der Waals surface area contributed by atoms with Gasteiger partial charge in [0.25, 0.3) is 0 Å². The van der Waals surface area contributed by atoms with E-state index in [9.17, 15) is 0 Å². The topological polar surface area (TPSA) is 19.7 Å². The van der Waals surface area contributed by atoms with E-state index in [0.29, 0.717) is 5.54 Å². The molecule has 2 nitrogen and oxygen atoms in total. The van der Waals surface area contributed by atoms with Crippen molar-refractivity contribution in [1.29, 1.82) is 0 Å². The summed E-state index contributed by atoms with van der Waals surface area (Å²) in [7, 11) is 0.